The normalized spacial score (nSPS) is 23.6. The van der Waals surface area contributed by atoms with Gasteiger partial charge in [-0.1, -0.05) is 84.7 Å². The van der Waals surface area contributed by atoms with Gasteiger partial charge in [-0.25, -0.2) is 4.79 Å². The number of phenolic OH excluding ortho intramolecular Hbond substituents is 1. The first-order chi connectivity index (χ1) is 31.7. The Balaban J connectivity index is 1.82. The number of hydrogen-bond donors (Lipinski definition) is 10. The lowest BCUT2D eigenvalue weighted by molar-refractivity contribution is -0.157. The van der Waals surface area contributed by atoms with Crippen LogP contribution >= 0.6 is 0 Å². The number of carbonyl (C=O) groups is 8. The third-order valence-electron chi connectivity index (χ3n) is 11.8. The molecule has 0 aliphatic carbocycles. The molecule has 0 bridgehead atoms. The number of aromatic nitrogens is 1. The highest BCUT2D eigenvalue weighted by Crippen LogP contribution is 2.21. The van der Waals surface area contributed by atoms with Gasteiger partial charge in [-0.15, -0.1) is 0 Å². The van der Waals surface area contributed by atoms with Crippen LogP contribution in [0.3, 0.4) is 0 Å². The number of para-hydroxylation sites is 1. The van der Waals surface area contributed by atoms with Gasteiger partial charge in [0.05, 0.1) is 12.6 Å². The molecule has 0 spiro atoms. The Morgan fingerprint density at radius 3 is 1.97 bits per heavy atom. The number of aromatic amines is 1. The van der Waals surface area contributed by atoms with Crippen molar-refractivity contribution in [3.63, 3.8) is 0 Å². The minimum atomic E-state index is -1.68. The number of aromatic hydroxyl groups is 1. The summed E-state index contributed by atoms with van der Waals surface area (Å²) in [5.74, 6) is -7.46. The molecule has 366 valence electrons. The van der Waals surface area contributed by atoms with Crippen molar-refractivity contribution in [2.45, 2.75) is 142 Å². The van der Waals surface area contributed by atoms with Gasteiger partial charge in [-0.05, 0) is 67.3 Å². The van der Waals surface area contributed by atoms with Crippen LogP contribution in [0.5, 0.6) is 5.75 Å². The third-order valence-corrected chi connectivity index (χ3v) is 11.8. The number of aliphatic hydroxyl groups is 1. The second-order valence-corrected chi connectivity index (χ2v) is 18.1. The quantitative estimate of drug-likeness (QED) is 0.0976. The fourth-order valence-corrected chi connectivity index (χ4v) is 7.57. The zero-order valence-corrected chi connectivity index (χ0v) is 39.6. The molecule has 1 aliphatic rings. The largest absolute Gasteiger partial charge is 0.508 e. The van der Waals surface area contributed by atoms with Crippen LogP contribution in [0, 0.1) is 17.8 Å². The van der Waals surface area contributed by atoms with Crippen molar-refractivity contribution in [2.24, 2.45) is 17.8 Å². The number of hydrogen-bond acceptors (Lipinski definition) is 11. The molecule has 19 heteroatoms. The summed E-state index contributed by atoms with van der Waals surface area (Å²) in [6.45, 7) is 12.9. The van der Waals surface area contributed by atoms with E-state index in [9.17, 15) is 48.6 Å². The summed E-state index contributed by atoms with van der Waals surface area (Å²) in [6, 6.07) is 4.19. The highest BCUT2D eigenvalue weighted by Gasteiger charge is 2.39. The van der Waals surface area contributed by atoms with E-state index in [0.29, 0.717) is 29.9 Å². The first kappa shape index (κ1) is 53.1. The number of amides is 7. The molecule has 1 aliphatic heterocycles. The Labute approximate surface area is 391 Å². The number of phenols is 1. The second-order valence-electron chi connectivity index (χ2n) is 18.1. The van der Waals surface area contributed by atoms with Crippen LogP contribution in [0.15, 0.2) is 54.7 Å². The number of rotatable bonds is 15. The van der Waals surface area contributed by atoms with E-state index in [1.807, 2.05) is 32.0 Å². The van der Waals surface area contributed by atoms with Gasteiger partial charge >= 0.3 is 5.97 Å². The van der Waals surface area contributed by atoms with Gasteiger partial charge < -0.3 is 57.2 Å². The van der Waals surface area contributed by atoms with E-state index in [1.165, 1.54) is 38.1 Å². The van der Waals surface area contributed by atoms with Crippen molar-refractivity contribution in [1.82, 2.24) is 42.2 Å². The highest BCUT2D eigenvalue weighted by molar-refractivity contribution is 5.98. The van der Waals surface area contributed by atoms with Gasteiger partial charge in [0, 0.05) is 36.4 Å². The van der Waals surface area contributed by atoms with Gasteiger partial charge in [-0.2, -0.15) is 0 Å². The van der Waals surface area contributed by atoms with E-state index in [0.717, 1.165) is 17.3 Å². The minimum absolute atomic E-state index is 0.0679. The van der Waals surface area contributed by atoms with E-state index in [1.54, 1.807) is 40.0 Å². The molecule has 1 aromatic heterocycles. The molecule has 67 heavy (non-hydrogen) atoms. The van der Waals surface area contributed by atoms with E-state index in [-0.39, 0.29) is 30.9 Å². The number of nitrogens with one attached hydrogen (secondary N) is 8. The van der Waals surface area contributed by atoms with Crippen molar-refractivity contribution in [3.05, 3.63) is 65.9 Å². The molecule has 19 nitrogen and oxygen atoms in total. The van der Waals surface area contributed by atoms with Crippen LogP contribution in [0.1, 0.15) is 92.2 Å². The average molecular weight is 933 g/mol. The number of H-pyrrole nitrogens is 1. The number of esters is 1. The summed E-state index contributed by atoms with van der Waals surface area (Å²) in [5.41, 5.74) is 1.80. The Kier molecular flexibility index (Phi) is 19.7. The topological polar surface area (TPSA) is 286 Å². The van der Waals surface area contributed by atoms with Crippen LogP contribution in [0.25, 0.3) is 10.9 Å². The maximum absolute atomic E-state index is 14.6. The molecule has 2 aromatic carbocycles. The number of ether oxygens (including phenoxy) is 1. The Morgan fingerprint density at radius 2 is 1.33 bits per heavy atom. The van der Waals surface area contributed by atoms with Gasteiger partial charge in [0.2, 0.25) is 41.4 Å². The molecular weight excluding hydrogens is 865 g/mol. The maximum atomic E-state index is 14.6. The predicted octanol–water partition coefficient (Wildman–Crippen LogP) is 1.54. The monoisotopic (exact) mass is 933 g/mol. The van der Waals surface area contributed by atoms with Crippen LogP contribution in [-0.4, -0.2) is 118 Å². The van der Waals surface area contributed by atoms with Crippen LogP contribution < -0.4 is 37.2 Å². The van der Waals surface area contributed by atoms with Gasteiger partial charge in [0.1, 0.15) is 48.1 Å². The smallest absolute Gasteiger partial charge is 0.329 e. The number of fused-ring (bicyclic) bond motifs is 1. The lowest BCUT2D eigenvalue weighted by Gasteiger charge is -2.31. The molecule has 4 rings (SSSR count). The third kappa shape index (κ3) is 15.5. The van der Waals surface area contributed by atoms with E-state index >= 15 is 0 Å². The highest BCUT2D eigenvalue weighted by atomic mass is 16.5. The molecule has 1 saturated heterocycles. The maximum Gasteiger partial charge on any atom is 0.329 e. The average Bonchev–Trinajstić information content (AvgIpc) is 3.68. The fraction of sp³-hybridized carbons (Fsp3) is 0.542. The summed E-state index contributed by atoms with van der Waals surface area (Å²) in [6.07, 6.45) is 0.301. The van der Waals surface area contributed by atoms with Crippen molar-refractivity contribution in [3.8, 4) is 5.75 Å². The van der Waals surface area contributed by atoms with Crippen molar-refractivity contribution in [1.29, 1.82) is 0 Å². The second kappa shape index (κ2) is 24.9. The Morgan fingerprint density at radius 1 is 0.731 bits per heavy atom. The Bertz CT molecular complexity index is 2210. The predicted molar refractivity (Wildman–Crippen MR) is 249 cm³/mol. The fourth-order valence-electron chi connectivity index (χ4n) is 7.57. The lowest BCUT2D eigenvalue weighted by atomic mass is 9.96. The summed E-state index contributed by atoms with van der Waals surface area (Å²) in [4.78, 5) is 115. The molecule has 0 radical (unpaired) electrons. The van der Waals surface area contributed by atoms with Gasteiger partial charge in [0.15, 0.2) is 0 Å². The van der Waals surface area contributed by atoms with E-state index < -0.39 is 108 Å². The van der Waals surface area contributed by atoms with E-state index in [2.05, 4.69) is 42.2 Å². The number of cyclic esters (lactones) is 1. The molecule has 2 heterocycles. The summed E-state index contributed by atoms with van der Waals surface area (Å²) < 4.78 is 5.81. The van der Waals surface area contributed by atoms with Gasteiger partial charge in [0.25, 0.3) is 0 Å². The summed E-state index contributed by atoms with van der Waals surface area (Å²) in [5, 5.41) is 40.0. The van der Waals surface area contributed by atoms with Gasteiger partial charge in [-0.3, -0.25) is 33.6 Å². The van der Waals surface area contributed by atoms with Crippen LogP contribution in [0.2, 0.25) is 0 Å². The molecule has 7 amide bonds. The zero-order chi connectivity index (χ0) is 49.5. The molecule has 10 N–H and O–H groups in total. The first-order valence-electron chi connectivity index (χ1n) is 23.0. The number of carbonyl (C=O) groups excluding carboxylic acids is 8. The van der Waals surface area contributed by atoms with Crippen molar-refractivity contribution in [2.75, 3.05) is 6.54 Å². The molecule has 9 atom stereocenters. The zero-order valence-electron chi connectivity index (χ0n) is 39.6. The number of benzene rings is 2. The summed E-state index contributed by atoms with van der Waals surface area (Å²) in [7, 11) is 0. The summed E-state index contributed by atoms with van der Waals surface area (Å²) >= 11 is 0. The Hall–Kier alpha value is -6.50. The van der Waals surface area contributed by atoms with E-state index in [4.69, 9.17) is 4.74 Å². The molecule has 2 unspecified atom stereocenters. The first-order valence-corrected chi connectivity index (χ1v) is 23.0. The molecule has 0 saturated carbocycles. The van der Waals surface area contributed by atoms with Crippen LogP contribution in [0.4, 0.5) is 0 Å². The molecular formula is C48H68N8O11. The van der Waals surface area contributed by atoms with Crippen molar-refractivity contribution >= 4 is 58.2 Å². The number of aliphatic hydroxyl groups excluding tert-OH is 1. The lowest BCUT2D eigenvalue weighted by Crippen LogP contribution is -2.62. The van der Waals surface area contributed by atoms with Crippen molar-refractivity contribution < 1.29 is 53.3 Å². The standard InChI is InChI=1S/C48H68N8O11/c1-9-27(6)40-45(63)54-39(26(4)5)48(66)67-29(8)42(53-38(60)24-50-37(59)16-12-13-25(2)3)47(65)52-35(21-30-17-19-32(58)20-18-30)43(61)51-36(44(62)56-41(28(7)57)46(64)55-40)22-31-23-49-34-15-11-10-14-33(31)34/h10-11,14-15,17-20,23,25-29,35-36,39-42,49,57-58H,9,12-13,16,21-22,24H2,1-8H3,(H,50,59)(H,51,61)(H,52,65)(H,53,60)(H,54,63)(H,55,64)(H,56,62)/t27-,28+,29?,35+,36+,39-,40-,41-,42?/m0/s1. The minimum Gasteiger partial charge on any atom is -0.508 e. The molecule has 3 aromatic rings. The SMILES string of the molecule is CC[C@H](C)[C@@H]1NC(=O)[C@H]([C@@H](C)O)NC(=O)[C@@H](Cc2c[nH]c3ccccc23)NC(=O)[C@@H](Cc2ccc(O)cc2)NC(=O)C(NC(=O)CNC(=O)CCCC(C)C)C(C)OC(=O)[C@H](C(C)C)NC1=O. The molecule has 1 fully saturated rings. The van der Waals surface area contributed by atoms with Crippen LogP contribution in [-0.2, 0) is 55.9 Å².